The zero-order chi connectivity index (χ0) is 17.1. The van der Waals surface area contributed by atoms with E-state index in [4.69, 9.17) is 4.74 Å². The summed E-state index contributed by atoms with van der Waals surface area (Å²) in [5, 5.41) is 3.70. The molecule has 0 radical (unpaired) electrons. The summed E-state index contributed by atoms with van der Waals surface area (Å²) in [6, 6.07) is 7.49. The molecule has 1 aromatic heterocycles. The van der Waals surface area contributed by atoms with Gasteiger partial charge in [0.05, 0.1) is 19.3 Å². The number of carbonyl (C=O) groups is 2. The fraction of sp³-hybridized carbons (Fsp3) is 0.444. The van der Waals surface area contributed by atoms with E-state index in [2.05, 4.69) is 22.1 Å². The molecule has 6 heteroatoms. The number of hydrogen-bond acceptors (Lipinski definition) is 4. The van der Waals surface area contributed by atoms with Gasteiger partial charge in [0.25, 0.3) is 0 Å². The fourth-order valence-electron chi connectivity index (χ4n) is 3.34. The Morgan fingerprint density at radius 2 is 2.17 bits per heavy atom. The van der Waals surface area contributed by atoms with Crippen LogP contribution < -0.4 is 5.32 Å². The first kappa shape index (κ1) is 16.5. The number of amides is 1. The number of aromatic nitrogens is 1. The van der Waals surface area contributed by atoms with Gasteiger partial charge in [0.15, 0.2) is 0 Å². The van der Waals surface area contributed by atoms with Crippen molar-refractivity contribution in [3.63, 3.8) is 0 Å². The lowest BCUT2D eigenvalue weighted by Gasteiger charge is -2.30. The maximum atomic E-state index is 12.5. The summed E-state index contributed by atoms with van der Waals surface area (Å²) in [5.74, 6) is 0.0115. The van der Waals surface area contributed by atoms with Crippen LogP contribution in [0.3, 0.4) is 0 Å². The molecule has 2 aromatic rings. The summed E-state index contributed by atoms with van der Waals surface area (Å²) in [6.45, 7) is 4.42. The Morgan fingerprint density at radius 3 is 2.92 bits per heavy atom. The monoisotopic (exact) mass is 329 g/mol. The molecule has 1 aliphatic rings. The van der Waals surface area contributed by atoms with Crippen molar-refractivity contribution >= 4 is 28.5 Å². The largest absolute Gasteiger partial charge is 0.464 e. The molecule has 6 nitrogen and oxygen atoms in total. The Labute approximate surface area is 141 Å². The third-order valence-corrected chi connectivity index (χ3v) is 4.47. The van der Waals surface area contributed by atoms with Crippen LogP contribution in [0.5, 0.6) is 0 Å². The number of aromatic amines is 1. The Hall–Kier alpha value is -2.34. The minimum Gasteiger partial charge on any atom is -0.464 e. The maximum absolute atomic E-state index is 12.5. The van der Waals surface area contributed by atoms with E-state index >= 15 is 0 Å². The van der Waals surface area contributed by atoms with Crippen LogP contribution in [0.4, 0.5) is 5.69 Å². The molecule has 1 saturated heterocycles. The molecular weight excluding hydrogens is 306 g/mol. The minimum atomic E-state index is -0.493. The van der Waals surface area contributed by atoms with Crippen LogP contribution >= 0.6 is 0 Å². The standard InChI is InChI=1S/C18H23N3O3/c1-12-6-5-9-21(10-12)11-15(22)20-16-13-7-3-4-8-14(13)19-17(16)18(23)24-2/h3-4,7-8,12,19H,5-6,9-11H2,1-2H3,(H,20,22)/t12-/m0/s1. The number of rotatable bonds is 4. The van der Waals surface area contributed by atoms with E-state index in [1.54, 1.807) is 0 Å². The van der Waals surface area contributed by atoms with Crippen molar-refractivity contribution in [1.82, 2.24) is 9.88 Å². The number of hydrogen-bond donors (Lipinski definition) is 2. The third kappa shape index (κ3) is 3.43. The molecule has 1 amide bonds. The van der Waals surface area contributed by atoms with Gasteiger partial charge in [-0.3, -0.25) is 9.69 Å². The average molecular weight is 329 g/mol. The highest BCUT2D eigenvalue weighted by atomic mass is 16.5. The Kier molecular flexibility index (Phi) is 4.85. The second-order valence-corrected chi connectivity index (χ2v) is 6.44. The summed E-state index contributed by atoms with van der Waals surface area (Å²) in [4.78, 5) is 29.7. The molecule has 2 N–H and O–H groups in total. The van der Waals surface area contributed by atoms with E-state index in [1.165, 1.54) is 13.5 Å². The molecule has 0 spiro atoms. The van der Waals surface area contributed by atoms with Crippen molar-refractivity contribution in [3.8, 4) is 0 Å². The van der Waals surface area contributed by atoms with Crippen LogP contribution in [0.25, 0.3) is 10.9 Å². The number of nitrogens with zero attached hydrogens (tertiary/aromatic N) is 1. The second-order valence-electron chi connectivity index (χ2n) is 6.44. The number of para-hydroxylation sites is 1. The number of methoxy groups -OCH3 is 1. The summed E-state index contributed by atoms with van der Waals surface area (Å²) in [7, 11) is 1.33. The molecule has 2 heterocycles. The number of nitrogens with one attached hydrogen (secondary N) is 2. The molecule has 0 bridgehead atoms. The molecule has 0 saturated carbocycles. The normalized spacial score (nSPS) is 18.5. The van der Waals surface area contributed by atoms with Gasteiger partial charge in [0, 0.05) is 17.4 Å². The van der Waals surface area contributed by atoms with Crippen molar-refractivity contribution in [2.75, 3.05) is 32.1 Å². The number of H-pyrrole nitrogens is 1. The molecule has 3 rings (SSSR count). The van der Waals surface area contributed by atoms with Crippen LogP contribution in [-0.4, -0.2) is 48.5 Å². The molecule has 0 aliphatic carbocycles. The minimum absolute atomic E-state index is 0.112. The van der Waals surface area contributed by atoms with Gasteiger partial charge in [-0.15, -0.1) is 0 Å². The first-order valence-electron chi connectivity index (χ1n) is 8.29. The molecule has 1 aromatic carbocycles. The number of fused-ring (bicyclic) bond motifs is 1. The van der Waals surface area contributed by atoms with E-state index < -0.39 is 5.97 Å². The highest BCUT2D eigenvalue weighted by molar-refractivity contribution is 6.11. The number of benzene rings is 1. The van der Waals surface area contributed by atoms with Crippen molar-refractivity contribution < 1.29 is 14.3 Å². The SMILES string of the molecule is COC(=O)c1[nH]c2ccccc2c1NC(=O)CN1CCC[C@H](C)C1. The number of ether oxygens (including phenoxy) is 1. The van der Waals surface area contributed by atoms with Gasteiger partial charge in [-0.25, -0.2) is 4.79 Å². The highest BCUT2D eigenvalue weighted by Crippen LogP contribution is 2.28. The van der Waals surface area contributed by atoms with Crippen LogP contribution in [0.1, 0.15) is 30.3 Å². The molecule has 1 atom stereocenters. The first-order valence-corrected chi connectivity index (χ1v) is 8.29. The molecule has 128 valence electrons. The van der Waals surface area contributed by atoms with Crippen molar-refractivity contribution in [1.29, 1.82) is 0 Å². The topological polar surface area (TPSA) is 74.4 Å². The van der Waals surface area contributed by atoms with Gasteiger partial charge in [0.2, 0.25) is 5.91 Å². The van der Waals surface area contributed by atoms with Crippen LogP contribution in [-0.2, 0) is 9.53 Å². The van der Waals surface area contributed by atoms with Crippen molar-refractivity contribution in [2.24, 2.45) is 5.92 Å². The zero-order valence-electron chi connectivity index (χ0n) is 14.1. The third-order valence-electron chi connectivity index (χ3n) is 4.47. The Morgan fingerprint density at radius 1 is 1.38 bits per heavy atom. The van der Waals surface area contributed by atoms with E-state index in [0.29, 0.717) is 18.2 Å². The molecule has 0 unspecified atom stereocenters. The summed E-state index contributed by atoms with van der Waals surface area (Å²) >= 11 is 0. The molecular formula is C18H23N3O3. The van der Waals surface area contributed by atoms with Gasteiger partial charge in [-0.05, 0) is 31.4 Å². The Balaban J connectivity index is 1.80. The fourth-order valence-corrected chi connectivity index (χ4v) is 3.34. The number of likely N-dealkylation sites (tertiary alicyclic amines) is 1. The van der Waals surface area contributed by atoms with Crippen LogP contribution in [0.2, 0.25) is 0 Å². The van der Waals surface area contributed by atoms with Crippen molar-refractivity contribution in [2.45, 2.75) is 19.8 Å². The van der Waals surface area contributed by atoms with Crippen LogP contribution in [0.15, 0.2) is 24.3 Å². The van der Waals surface area contributed by atoms with Gasteiger partial charge < -0.3 is 15.0 Å². The van der Waals surface area contributed by atoms with Gasteiger partial charge >= 0.3 is 5.97 Å². The van der Waals surface area contributed by atoms with Gasteiger partial charge in [-0.2, -0.15) is 0 Å². The summed E-state index contributed by atoms with van der Waals surface area (Å²) in [5.41, 5.74) is 1.56. The summed E-state index contributed by atoms with van der Waals surface area (Å²) in [6.07, 6.45) is 2.34. The van der Waals surface area contributed by atoms with Crippen LogP contribution in [0, 0.1) is 5.92 Å². The predicted molar refractivity (Wildman–Crippen MR) is 93.1 cm³/mol. The lowest BCUT2D eigenvalue weighted by molar-refractivity contribution is -0.117. The number of piperidine rings is 1. The van der Waals surface area contributed by atoms with E-state index in [-0.39, 0.29) is 11.6 Å². The lowest BCUT2D eigenvalue weighted by atomic mass is 10.0. The number of esters is 1. The van der Waals surface area contributed by atoms with Gasteiger partial charge in [0.1, 0.15) is 5.69 Å². The number of carbonyl (C=O) groups excluding carboxylic acids is 2. The van der Waals surface area contributed by atoms with E-state index in [9.17, 15) is 9.59 Å². The zero-order valence-corrected chi connectivity index (χ0v) is 14.1. The molecule has 24 heavy (non-hydrogen) atoms. The quantitative estimate of drug-likeness (QED) is 0.846. The Bertz CT molecular complexity index is 753. The van der Waals surface area contributed by atoms with Crippen molar-refractivity contribution in [3.05, 3.63) is 30.0 Å². The van der Waals surface area contributed by atoms with E-state index in [1.807, 2.05) is 24.3 Å². The lowest BCUT2D eigenvalue weighted by Crippen LogP contribution is -2.39. The predicted octanol–water partition coefficient (Wildman–Crippen LogP) is 2.62. The first-order chi connectivity index (χ1) is 11.6. The molecule has 1 fully saturated rings. The average Bonchev–Trinajstić information content (AvgIpc) is 2.93. The molecule has 1 aliphatic heterocycles. The van der Waals surface area contributed by atoms with Gasteiger partial charge in [-0.1, -0.05) is 25.1 Å². The maximum Gasteiger partial charge on any atom is 0.356 e. The van der Waals surface area contributed by atoms with E-state index in [0.717, 1.165) is 30.4 Å². The number of anilines is 1. The smallest absolute Gasteiger partial charge is 0.356 e. The summed E-state index contributed by atoms with van der Waals surface area (Å²) < 4.78 is 4.82. The highest BCUT2D eigenvalue weighted by Gasteiger charge is 2.22. The second kappa shape index (κ2) is 7.05.